The summed E-state index contributed by atoms with van der Waals surface area (Å²) in [6.45, 7) is 4.97. The van der Waals surface area contributed by atoms with Crippen molar-refractivity contribution in [2.75, 3.05) is 26.2 Å². The Labute approximate surface area is 109 Å². The minimum atomic E-state index is -4.50. The van der Waals surface area contributed by atoms with E-state index >= 15 is 0 Å². The lowest BCUT2D eigenvalue weighted by molar-refractivity contribution is -0.137. The highest BCUT2D eigenvalue weighted by Crippen LogP contribution is 2.32. The molecule has 106 valence electrons. The number of piperazine rings is 1. The highest BCUT2D eigenvalue weighted by Gasteiger charge is 2.32. The first kappa shape index (κ1) is 14.3. The van der Waals surface area contributed by atoms with E-state index in [0.717, 1.165) is 32.2 Å². The molecule has 1 fully saturated rings. The largest absolute Gasteiger partial charge is 0.416 e. The topological polar surface area (TPSA) is 15.3 Å². The first-order valence-electron chi connectivity index (χ1n) is 6.21. The van der Waals surface area contributed by atoms with Crippen LogP contribution in [0.5, 0.6) is 0 Å². The fraction of sp³-hybridized carbons (Fsp3) is 0.538. The summed E-state index contributed by atoms with van der Waals surface area (Å²) in [5.41, 5.74) is -0.629. The Hall–Kier alpha value is -1.14. The molecular formula is C13H16F4N2. The van der Waals surface area contributed by atoms with Gasteiger partial charge in [0.25, 0.3) is 0 Å². The number of alkyl halides is 3. The molecule has 2 nitrogen and oxygen atoms in total. The van der Waals surface area contributed by atoms with Crippen LogP contribution in [0.25, 0.3) is 0 Å². The van der Waals surface area contributed by atoms with Crippen molar-refractivity contribution in [3.05, 3.63) is 35.1 Å². The third-order valence-electron chi connectivity index (χ3n) is 3.48. The Morgan fingerprint density at radius 1 is 1.21 bits per heavy atom. The summed E-state index contributed by atoms with van der Waals surface area (Å²) in [6.07, 6.45) is -4.50. The molecule has 0 saturated carbocycles. The van der Waals surface area contributed by atoms with Gasteiger partial charge in [-0.25, -0.2) is 4.39 Å². The van der Waals surface area contributed by atoms with Crippen LogP contribution in [0.3, 0.4) is 0 Å². The van der Waals surface area contributed by atoms with E-state index in [1.54, 1.807) is 0 Å². The van der Waals surface area contributed by atoms with Gasteiger partial charge in [0.1, 0.15) is 5.82 Å². The second-order valence-electron chi connectivity index (χ2n) is 4.70. The zero-order chi connectivity index (χ0) is 14.0. The molecule has 1 aliphatic rings. The van der Waals surface area contributed by atoms with E-state index in [0.29, 0.717) is 11.6 Å². The monoisotopic (exact) mass is 276 g/mol. The molecule has 0 spiro atoms. The zero-order valence-corrected chi connectivity index (χ0v) is 10.6. The standard InChI is InChI=1S/C13H16F4N2/c1-9(19-6-4-18-5-7-19)11-3-2-10(8-12(11)14)13(15,16)17/h2-3,8-9,18H,4-7H2,1H3/t9-/m0/s1. The SMILES string of the molecule is C[C@@H](c1ccc(C(F)(F)F)cc1F)N1CCNCC1. The Balaban J connectivity index is 2.20. The van der Waals surface area contributed by atoms with Crippen molar-refractivity contribution in [3.8, 4) is 0 Å². The normalized spacial score (nSPS) is 19.4. The molecule has 6 heteroatoms. The lowest BCUT2D eigenvalue weighted by Gasteiger charge is -2.33. The van der Waals surface area contributed by atoms with Gasteiger partial charge in [-0.1, -0.05) is 6.07 Å². The molecule has 1 atom stereocenters. The van der Waals surface area contributed by atoms with E-state index in [1.165, 1.54) is 6.07 Å². The molecule has 0 aliphatic carbocycles. The molecule has 1 saturated heterocycles. The summed E-state index contributed by atoms with van der Waals surface area (Å²) < 4.78 is 51.3. The second kappa shape index (κ2) is 5.46. The molecule has 1 aliphatic heterocycles. The fourth-order valence-corrected chi connectivity index (χ4v) is 2.31. The van der Waals surface area contributed by atoms with Crippen molar-refractivity contribution >= 4 is 0 Å². The zero-order valence-electron chi connectivity index (χ0n) is 10.6. The quantitative estimate of drug-likeness (QED) is 0.836. The van der Waals surface area contributed by atoms with Crippen molar-refractivity contribution in [1.29, 1.82) is 0 Å². The molecular weight excluding hydrogens is 260 g/mol. The van der Waals surface area contributed by atoms with Crippen LogP contribution in [0.4, 0.5) is 17.6 Å². The van der Waals surface area contributed by atoms with E-state index in [9.17, 15) is 17.6 Å². The van der Waals surface area contributed by atoms with Gasteiger partial charge in [-0.15, -0.1) is 0 Å². The molecule has 1 N–H and O–H groups in total. The molecule has 0 amide bonds. The van der Waals surface area contributed by atoms with Gasteiger partial charge in [0.15, 0.2) is 0 Å². The van der Waals surface area contributed by atoms with Gasteiger partial charge in [-0.2, -0.15) is 13.2 Å². The molecule has 1 aromatic rings. The summed E-state index contributed by atoms with van der Waals surface area (Å²) in [6, 6.07) is 2.54. The van der Waals surface area contributed by atoms with Gasteiger partial charge in [0, 0.05) is 37.8 Å². The fourth-order valence-electron chi connectivity index (χ4n) is 2.31. The number of halogens is 4. The van der Waals surface area contributed by atoms with Crippen LogP contribution in [-0.4, -0.2) is 31.1 Å². The van der Waals surface area contributed by atoms with E-state index in [-0.39, 0.29) is 6.04 Å². The number of benzene rings is 1. The highest BCUT2D eigenvalue weighted by molar-refractivity contribution is 5.28. The smallest absolute Gasteiger partial charge is 0.314 e. The molecule has 1 aromatic carbocycles. The maximum Gasteiger partial charge on any atom is 0.416 e. The van der Waals surface area contributed by atoms with Crippen molar-refractivity contribution in [1.82, 2.24) is 10.2 Å². The summed E-state index contributed by atoms with van der Waals surface area (Å²) in [7, 11) is 0. The predicted octanol–water partition coefficient (Wildman–Crippen LogP) is 2.81. The van der Waals surface area contributed by atoms with Gasteiger partial charge < -0.3 is 5.32 Å². The van der Waals surface area contributed by atoms with E-state index in [2.05, 4.69) is 10.2 Å². The van der Waals surface area contributed by atoms with Crippen LogP contribution in [0.15, 0.2) is 18.2 Å². The highest BCUT2D eigenvalue weighted by atomic mass is 19.4. The number of hydrogen-bond acceptors (Lipinski definition) is 2. The van der Waals surface area contributed by atoms with Crippen LogP contribution in [-0.2, 0) is 6.18 Å². The molecule has 0 unspecified atom stereocenters. The third kappa shape index (κ3) is 3.25. The van der Waals surface area contributed by atoms with E-state index < -0.39 is 17.6 Å². The van der Waals surface area contributed by atoms with E-state index in [4.69, 9.17) is 0 Å². The molecule has 1 heterocycles. The Kier molecular flexibility index (Phi) is 4.10. The van der Waals surface area contributed by atoms with Crippen molar-refractivity contribution in [3.63, 3.8) is 0 Å². The molecule has 0 bridgehead atoms. The summed E-state index contributed by atoms with van der Waals surface area (Å²) in [5, 5.41) is 3.18. The van der Waals surface area contributed by atoms with Gasteiger partial charge >= 0.3 is 6.18 Å². The maximum absolute atomic E-state index is 13.8. The van der Waals surface area contributed by atoms with Crippen LogP contribution < -0.4 is 5.32 Å². The van der Waals surface area contributed by atoms with Gasteiger partial charge in [-0.05, 0) is 19.1 Å². The lowest BCUT2D eigenvalue weighted by Crippen LogP contribution is -2.44. The Bertz CT molecular complexity index is 439. The third-order valence-corrected chi connectivity index (χ3v) is 3.48. The van der Waals surface area contributed by atoms with Crippen molar-refractivity contribution in [2.45, 2.75) is 19.1 Å². The minimum Gasteiger partial charge on any atom is -0.314 e. The predicted molar refractivity (Wildman–Crippen MR) is 64.3 cm³/mol. The molecule has 19 heavy (non-hydrogen) atoms. The summed E-state index contributed by atoms with van der Waals surface area (Å²) >= 11 is 0. The number of nitrogens with zero attached hydrogens (tertiary/aromatic N) is 1. The second-order valence-corrected chi connectivity index (χ2v) is 4.70. The maximum atomic E-state index is 13.8. The van der Waals surface area contributed by atoms with Crippen molar-refractivity contribution in [2.24, 2.45) is 0 Å². The molecule has 0 aromatic heterocycles. The van der Waals surface area contributed by atoms with Gasteiger partial charge in [-0.3, -0.25) is 4.90 Å². The molecule has 2 rings (SSSR count). The first-order chi connectivity index (χ1) is 8.89. The Morgan fingerprint density at radius 2 is 1.84 bits per heavy atom. The van der Waals surface area contributed by atoms with Crippen LogP contribution >= 0.6 is 0 Å². The van der Waals surface area contributed by atoms with Crippen molar-refractivity contribution < 1.29 is 17.6 Å². The number of hydrogen-bond donors (Lipinski definition) is 1. The summed E-state index contributed by atoms with van der Waals surface area (Å²) in [5.74, 6) is -0.791. The van der Waals surface area contributed by atoms with Crippen LogP contribution in [0.1, 0.15) is 24.1 Å². The first-order valence-corrected chi connectivity index (χ1v) is 6.21. The van der Waals surface area contributed by atoms with Crippen LogP contribution in [0, 0.1) is 5.82 Å². The lowest BCUT2D eigenvalue weighted by atomic mass is 10.0. The average Bonchev–Trinajstić information content (AvgIpc) is 2.38. The molecule has 0 radical (unpaired) electrons. The average molecular weight is 276 g/mol. The summed E-state index contributed by atoms with van der Waals surface area (Å²) in [4.78, 5) is 2.06. The minimum absolute atomic E-state index is 0.218. The number of rotatable bonds is 2. The van der Waals surface area contributed by atoms with Gasteiger partial charge in [0.05, 0.1) is 5.56 Å². The van der Waals surface area contributed by atoms with Gasteiger partial charge in [0.2, 0.25) is 0 Å². The Morgan fingerprint density at radius 3 is 2.37 bits per heavy atom. The number of nitrogens with one attached hydrogen (secondary N) is 1. The van der Waals surface area contributed by atoms with E-state index in [1.807, 2.05) is 6.92 Å². The van der Waals surface area contributed by atoms with Crippen LogP contribution in [0.2, 0.25) is 0 Å².